The Kier molecular flexibility index (Phi) is 64.1. The number of aliphatic hydroxyl groups is 11. The molecule has 17 unspecified atom stereocenters. The summed E-state index contributed by atoms with van der Waals surface area (Å²) in [7, 11) is 0. The van der Waals surface area contributed by atoms with Gasteiger partial charge in [0.1, 0.15) is 73.2 Å². The molecule has 3 heterocycles. The molecule has 17 atom stereocenters. The van der Waals surface area contributed by atoms with E-state index in [0.29, 0.717) is 12.8 Å². The van der Waals surface area contributed by atoms with Crippen LogP contribution in [0.2, 0.25) is 0 Å². The van der Waals surface area contributed by atoms with Gasteiger partial charge in [0.05, 0.1) is 38.6 Å². The molecule has 0 aromatic carbocycles. The first-order valence-corrected chi connectivity index (χ1v) is 44.7. The highest BCUT2D eigenvalue weighted by Gasteiger charge is 2.54. The summed E-state index contributed by atoms with van der Waals surface area (Å²) >= 11 is 0. The maximum atomic E-state index is 13.5. The summed E-state index contributed by atoms with van der Waals surface area (Å²) in [4.78, 5) is 13.5. The molecule has 0 aromatic rings. The molecule has 3 aliphatic rings. The van der Waals surface area contributed by atoms with Crippen LogP contribution in [0.15, 0.2) is 72.9 Å². The first kappa shape index (κ1) is 100. The van der Waals surface area contributed by atoms with Gasteiger partial charge < -0.3 is 89.9 Å². The molecule has 3 saturated heterocycles. The van der Waals surface area contributed by atoms with Crippen LogP contribution in [0.4, 0.5) is 0 Å². The summed E-state index contributed by atoms with van der Waals surface area (Å²) < 4.78 is 34.5. The molecule has 19 heteroatoms. The van der Waals surface area contributed by atoms with Crippen molar-refractivity contribution in [2.75, 3.05) is 26.4 Å². The number of hydrogen-bond acceptors (Lipinski definition) is 18. The highest BCUT2D eigenvalue weighted by molar-refractivity contribution is 5.76. The minimum absolute atomic E-state index is 0.237. The average molecular weight is 1550 g/mol. The van der Waals surface area contributed by atoms with Crippen molar-refractivity contribution in [3.05, 3.63) is 72.9 Å². The van der Waals surface area contributed by atoms with Crippen LogP contribution in [-0.4, -0.2) is 193 Å². The number of carbonyl (C=O) groups is 1. The average Bonchev–Trinajstić information content (AvgIpc) is 0.749. The van der Waals surface area contributed by atoms with Gasteiger partial charge >= 0.3 is 0 Å². The van der Waals surface area contributed by atoms with E-state index in [-0.39, 0.29) is 18.9 Å². The summed E-state index contributed by atoms with van der Waals surface area (Å²) in [6.45, 7) is 1.66. The molecule has 3 rings (SSSR count). The highest BCUT2D eigenvalue weighted by atomic mass is 16.8. The van der Waals surface area contributed by atoms with Gasteiger partial charge in [-0.15, -0.1) is 0 Å². The standard InChI is InChI=1S/C90H163NO18/c1-3-5-7-9-11-13-15-17-19-21-23-25-27-29-31-33-34-35-36-37-38-40-42-44-46-48-50-52-54-56-58-60-62-64-66-68-78(96)91-73(74(95)67-65-63-61-59-57-55-53-51-49-47-45-43-41-39-32-30-28-26-24-22-20-18-16-14-12-10-8-6-4-2)72-104-88-84(102)81(99)86(76(70-93)106-88)109-90-85(103)82(100)87(77(71-94)107-90)108-89-83(101)80(98)79(97)75(69-92)105-89/h5,7,11,13,17,19,23,25,57,59,65,67,73-77,79-90,92-95,97-103H,3-4,6,8-10,12,14-16,18,20-22,24,26-56,58,60-64,66,68-72H2,1-2H3,(H,91,96)/b7-5-,13-11-,19-17-,25-23-,59-57+,67-65+. The van der Waals surface area contributed by atoms with Crippen molar-refractivity contribution in [3.63, 3.8) is 0 Å². The number of nitrogens with one attached hydrogen (secondary N) is 1. The van der Waals surface area contributed by atoms with Gasteiger partial charge in [-0.25, -0.2) is 0 Å². The molecule has 636 valence electrons. The predicted molar refractivity (Wildman–Crippen MR) is 438 cm³/mol. The molecular weight excluding hydrogens is 1380 g/mol. The summed E-state index contributed by atoms with van der Waals surface area (Å²) in [5, 5.41) is 121. The van der Waals surface area contributed by atoms with Crippen LogP contribution in [0.1, 0.15) is 361 Å². The molecule has 0 radical (unpaired) electrons. The molecule has 0 aromatic heterocycles. The van der Waals surface area contributed by atoms with E-state index >= 15 is 0 Å². The maximum absolute atomic E-state index is 13.5. The predicted octanol–water partition coefficient (Wildman–Crippen LogP) is 16.7. The minimum Gasteiger partial charge on any atom is -0.394 e. The topological polar surface area (TPSA) is 307 Å². The van der Waals surface area contributed by atoms with Gasteiger partial charge in [-0.2, -0.15) is 0 Å². The zero-order valence-corrected chi connectivity index (χ0v) is 68.5. The normalized spacial score (nSPS) is 25.6. The van der Waals surface area contributed by atoms with Crippen LogP contribution < -0.4 is 5.32 Å². The molecule has 0 spiro atoms. The van der Waals surface area contributed by atoms with Crippen molar-refractivity contribution < 1.29 is 89.4 Å². The third-order valence-electron chi connectivity index (χ3n) is 22.0. The summed E-state index contributed by atoms with van der Waals surface area (Å²) in [6.07, 6.45) is 66.3. The second-order valence-electron chi connectivity index (χ2n) is 31.7. The zero-order valence-electron chi connectivity index (χ0n) is 68.5. The van der Waals surface area contributed by atoms with Crippen molar-refractivity contribution in [2.24, 2.45) is 0 Å². The van der Waals surface area contributed by atoms with E-state index in [1.807, 2.05) is 6.08 Å². The van der Waals surface area contributed by atoms with Crippen molar-refractivity contribution in [2.45, 2.75) is 465 Å². The van der Waals surface area contributed by atoms with Crippen LogP contribution in [0.3, 0.4) is 0 Å². The fourth-order valence-electron chi connectivity index (χ4n) is 14.9. The molecule has 19 nitrogen and oxygen atoms in total. The Morgan fingerprint density at radius 2 is 0.642 bits per heavy atom. The van der Waals surface area contributed by atoms with Crippen molar-refractivity contribution in [1.29, 1.82) is 0 Å². The summed E-state index contributed by atoms with van der Waals surface area (Å²) in [5.41, 5.74) is 0. The second kappa shape index (κ2) is 69.5. The molecule has 0 saturated carbocycles. The number of aliphatic hydroxyl groups excluding tert-OH is 11. The number of rotatable bonds is 72. The molecule has 3 fully saturated rings. The first-order chi connectivity index (χ1) is 53.3. The molecule has 1 amide bonds. The lowest BCUT2D eigenvalue weighted by molar-refractivity contribution is -0.379. The largest absolute Gasteiger partial charge is 0.394 e. The van der Waals surface area contributed by atoms with Crippen molar-refractivity contribution >= 4 is 5.91 Å². The Labute approximate surface area is 661 Å². The lowest BCUT2D eigenvalue weighted by Gasteiger charge is -2.48. The fourth-order valence-corrected chi connectivity index (χ4v) is 14.9. The lowest BCUT2D eigenvalue weighted by Crippen LogP contribution is -2.66. The van der Waals surface area contributed by atoms with Gasteiger partial charge in [-0.05, 0) is 70.6 Å². The number of ether oxygens (including phenoxy) is 6. The van der Waals surface area contributed by atoms with Crippen molar-refractivity contribution in [3.8, 4) is 0 Å². The third kappa shape index (κ3) is 48.4. The van der Waals surface area contributed by atoms with Crippen molar-refractivity contribution in [1.82, 2.24) is 5.32 Å². The van der Waals surface area contributed by atoms with Crippen LogP contribution in [0.25, 0.3) is 0 Å². The number of unbranched alkanes of at least 4 members (excludes halogenated alkanes) is 46. The Morgan fingerprint density at radius 3 is 1.03 bits per heavy atom. The van der Waals surface area contributed by atoms with Gasteiger partial charge in [-0.1, -0.05) is 356 Å². The van der Waals surface area contributed by atoms with E-state index < -0.39 is 124 Å². The Balaban J connectivity index is 1.33. The van der Waals surface area contributed by atoms with Gasteiger partial charge in [0, 0.05) is 6.42 Å². The van der Waals surface area contributed by atoms with E-state index in [4.69, 9.17) is 28.4 Å². The van der Waals surface area contributed by atoms with E-state index in [0.717, 1.165) is 64.2 Å². The SMILES string of the molecule is CC/C=C\C/C=C\C/C=C\C/C=C\CCCCCCCCCCCCCCCCCCCCCCCCC(=O)NC(COC1OC(CO)C(OC2OC(CO)C(OC3OC(CO)C(O)C(O)C3O)C(O)C2O)C(O)C1O)C(O)/C=C/CC/C=C/CCCCCCCCCCCCCCCCCCCCCCCCC. The zero-order chi connectivity index (χ0) is 78.8. The van der Waals surface area contributed by atoms with Gasteiger partial charge in [0.25, 0.3) is 0 Å². The van der Waals surface area contributed by atoms with Crippen LogP contribution >= 0.6 is 0 Å². The number of amides is 1. The smallest absolute Gasteiger partial charge is 0.220 e. The van der Waals surface area contributed by atoms with E-state index in [1.165, 1.54) is 263 Å². The fraction of sp³-hybridized carbons (Fsp3) is 0.856. The summed E-state index contributed by atoms with van der Waals surface area (Å²) in [5.74, 6) is -0.280. The lowest BCUT2D eigenvalue weighted by atomic mass is 9.96. The number of carbonyl (C=O) groups excluding carboxylic acids is 1. The maximum Gasteiger partial charge on any atom is 0.220 e. The minimum atomic E-state index is -1.98. The summed E-state index contributed by atoms with van der Waals surface area (Å²) in [6, 6.07) is -0.993. The Hall–Kier alpha value is -2.77. The van der Waals surface area contributed by atoms with E-state index in [1.54, 1.807) is 6.08 Å². The molecule has 0 bridgehead atoms. The Morgan fingerprint density at radius 1 is 0.339 bits per heavy atom. The van der Waals surface area contributed by atoms with Gasteiger partial charge in [-0.3, -0.25) is 4.79 Å². The number of allylic oxidation sites excluding steroid dienone is 11. The molecule has 12 N–H and O–H groups in total. The van der Waals surface area contributed by atoms with E-state index in [9.17, 15) is 61.0 Å². The van der Waals surface area contributed by atoms with Crippen LogP contribution in [0, 0.1) is 0 Å². The second-order valence-corrected chi connectivity index (χ2v) is 31.7. The van der Waals surface area contributed by atoms with Crippen LogP contribution in [0.5, 0.6) is 0 Å². The third-order valence-corrected chi connectivity index (χ3v) is 22.0. The number of hydrogen-bond donors (Lipinski definition) is 12. The van der Waals surface area contributed by atoms with Gasteiger partial charge in [0.2, 0.25) is 5.91 Å². The monoisotopic (exact) mass is 1550 g/mol. The molecule has 0 aliphatic carbocycles. The molecular formula is C90H163NO18. The van der Waals surface area contributed by atoms with E-state index in [2.05, 4.69) is 79.9 Å². The molecule has 109 heavy (non-hydrogen) atoms. The van der Waals surface area contributed by atoms with Gasteiger partial charge in [0.15, 0.2) is 18.9 Å². The highest BCUT2D eigenvalue weighted by Crippen LogP contribution is 2.33. The first-order valence-electron chi connectivity index (χ1n) is 44.7. The Bertz CT molecular complexity index is 2250. The van der Waals surface area contributed by atoms with Crippen LogP contribution in [-0.2, 0) is 33.2 Å². The molecule has 3 aliphatic heterocycles. The quantitative estimate of drug-likeness (QED) is 0.0199.